The third-order valence-electron chi connectivity index (χ3n) is 16.2. The number of ketones is 1. The van der Waals surface area contributed by atoms with Gasteiger partial charge in [-0.3, -0.25) is 9.59 Å². The van der Waals surface area contributed by atoms with E-state index >= 15 is 0 Å². The van der Waals surface area contributed by atoms with Crippen molar-refractivity contribution >= 4 is 11.8 Å². The summed E-state index contributed by atoms with van der Waals surface area (Å²) in [5.41, 5.74) is -6.65. The minimum atomic E-state index is -1.97. The molecular formula is C44H70O16. The molecule has 0 spiro atoms. The molecule has 0 amide bonds. The molecule has 0 aromatic rings. The van der Waals surface area contributed by atoms with Gasteiger partial charge >= 0.3 is 5.97 Å². The maximum absolute atomic E-state index is 13.0. The van der Waals surface area contributed by atoms with E-state index in [1.807, 2.05) is 19.9 Å². The van der Waals surface area contributed by atoms with Crippen molar-refractivity contribution in [1.29, 1.82) is 0 Å². The molecule has 342 valence electrons. The lowest BCUT2D eigenvalue weighted by molar-refractivity contribution is -0.338. The summed E-state index contributed by atoms with van der Waals surface area (Å²) in [4.78, 5) is 25.5. The predicted octanol–water partition coefficient (Wildman–Crippen LogP) is 3.01. The highest BCUT2D eigenvalue weighted by Crippen LogP contribution is 2.71. The number of carbonyl (C=O) groups is 2. The molecule has 0 aromatic carbocycles. The monoisotopic (exact) mass is 854 g/mol. The molecule has 7 aliphatic rings. The smallest absolute Gasteiger partial charge is 0.302 e. The van der Waals surface area contributed by atoms with E-state index in [9.17, 15) is 30.0 Å². The second kappa shape index (κ2) is 17.1. The Morgan fingerprint density at radius 3 is 1.80 bits per heavy atom. The Balaban J connectivity index is 0.988. The fourth-order valence-corrected chi connectivity index (χ4v) is 12.6. The van der Waals surface area contributed by atoms with Crippen molar-refractivity contribution in [3.05, 3.63) is 11.6 Å². The summed E-state index contributed by atoms with van der Waals surface area (Å²) < 4.78 is 61.6. The van der Waals surface area contributed by atoms with Gasteiger partial charge in [-0.2, -0.15) is 0 Å². The Bertz CT molecular complexity index is 1610. The van der Waals surface area contributed by atoms with Crippen molar-refractivity contribution in [2.75, 3.05) is 21.3 Å². The van der Waals surface area contributed by atoms with Crippen LogP contribution in [0.2, 0.25) is 0 Å². The number of methoxy groups -OCH3 is 3. The molecule has 3 aliphatic heterocycles. The average Bonchev–Trinajstić information content (AvgIpc) is 3.43. The quantitative estimate of drug-likeness (QED) is 0.174. The second-order valence-corrected chi connectivity index (χ2v) is 19.2. The highest BCUT2D eigenvalue weighted by atomic mass is 16.7. The molecule has 60 heavy (non-hydrogen) atoms. The molecule has 3 saturated carbocycles. The Kier molecular flexibility index (Phi) is 13.2. The number of fused-ring (bicyclic) bond motifs is 5. The highest BCUT2D eigenvalue weighted by molar-refractivity contribution is 5.87. The van der Waals surface area contributed by atoms with Crippen LogP contribution < -0.4 is 0 Å². The van der Waals surface area contributed by atoms with E-state index in [0.717, 1.165) is 5.57 Å². The predicted molar refractivity (Wildman–Crippen MR) is 211 cm³/mol. The van der Waals surface area contributed by atoms with Crippen molar-refractivity contribution in [1.82, 2.24) is 0 Å². The Morgan fingerprint density at radius 1 is 0.733 bits per heavy atom. The SMILES string of the molecule is CO[C@H]1C[C@H](O[C@H]2CC[C@@]3(C)C(=CC[C@]4(O)[C@@H]3C[C@@H](OC(C)=O)[C@@]3(C)[C@]4(O)CC[C@@]3(O)C(C)=O)C2)O[C@H](C)[C@H]1O[C@H]1C[C@H](OC)[C@H](O[C@H]2C[C@@H](OC)[C@H](O)[C@@H](C)O2)[C@@H](C)O1. The van der Waals surface area contributed by atoms with Gasteiger partial charge in [0.05, 0.1) is 48.1 Å². The van der Waals surface area contributed by atoms with Crippen molar-refractivity contribution < 1.29 is 77.4 Å². The molecule has 16 heteroatoms. The van der Waals surface area contributed by atoms with Gasteiger partial charge in [0.25, 0.3) is 0 Å². The van der Waals surface area contributed by atoms with Gasteiger partial charge < -0.3 is 67.8 Å². The number of Topliss-reactive ketones (excluding diaryl/α,β-unsaturated/α-hetero) is 1. The van der Waals surface area contributed by atoms with Crippen LogP contribution in [-0.2, 0) is 57.0 Å². The van der Waals surface area contributed by atoms with Crippen LogP contribution in [0.15, 0.2) is 11.6 Å². The third kappa shape index (κ3) is 7.44. The summed E-state index contributed by atoms with van der Waals surface area (Å²) in [6, 6.07) is 0. The highest BCUT2D eigenvalue weighted by Gasteiger charge is 2.81. The Morgan fingerprint density at radius 2 is 1.27 bits per heavy atom. The molecule has 20 atom stereocenters. The van der Waals surface area contributed by atoms with Crippen LogP contribution in [-0.4, -0.2) is 156 Å². The molecule has 3 saturated heterocycles. The van der Waals surface area contributed by atoms with Gasteiger partial charge in [0, 0.05) is 53.4 Å². The molecular weight excluding hydrogens is 784 g/mol. The molecule has 4 aliphatic carbocycles. The first kappa shape index (κ1) is 46.4. The van der Waals surface area contributed by atoms with Crippen molar-refractivity contribution in [3.63, 3.8) is 0 Å². The van der Waals surface area contributed by atoms with Crippen LogP contribution in [0, 0.1) is 16.7 Å². The molecule has 0 unspecified atom stereocenters. The lowest BCUT2D eigenvalue weighted by Gasteiger charge is -2.67. The average molecular weight is 855 g/mol. The molecule has 4 N–H and O–H groups in total. The van der Waals surface area contributed by atoms with E-state index in [1.165, 1.54) is 13.8 Å². The van der Waals surface area contributed by atoms with Gasteiger partial charge in [-0.1, -0.05) is 18.6 Å². The van der Waals surface area contributed by atoms with Crippen LogP contribution in [0.3, 0.4) is 0 Å². The molecule has 0 aromatic heterocycles. The number of carbonyl (C=O) groups excluding carboxylic acids is 2. The molecule has 7 rings (SSSR count). The van der Waals surface area contributed by atoms with E-state index in [2.05, 4.69) is 6.92 Å². The lowest BCUT2D eigenvalue weighted by Crippen LogP contribution is -2.78. The van der Waals surface area contributed by atoms with Crippen LogP contribution >= 0.6 is 0 Å². The van der Waals surface area contributed by atoms with Gasteiger partial charge in [-0.05, 0) is 85.0 Å². The van der Waals surface area contributed by atoms with Crippen molar-refractivity contribution in [2.45, 2.75) is 215 Å². The third-order valence-corrected chi connectivity index (χ3v) is 16.2. The molecule has 16 nitrogen and oxygen atoms in total. The number of hydrogen-bond donors (Lipinski definition) is 4. The normalized spacial score (nSPS) is 51.8. The first-order valence-electron chi connectivity index (χ1n) is 21.9. The van der Waals surface area contributed by atoms with Gasteiger partial charge in [0.2, 0.25) is 0 Å². The van der Waals surface area contributed by atoms with Gasteiger partial charge in [-0.25, -0.2) is 0 Å². The number of hydrogen-bond acceptors (Lipinski definition) is 16. The second-order valence-electron chi connectivity index (χ2n) is 19.2. The Labute approximate surface area is 353 Å². The summed E-state index contributed by atoms with van der Waals surface area (Å²) in [5, 5.41) is 47.6. The zero-order chi connectivity index (χ0) is 43.7. The van der Waals surface area contributed by atoms with Crippen molar-refractivity contribution in [3.8, 4) is 0 Å². The first-order valence-corrected chi connectivity index (χ1v) is 21.9. The largest absolute Gasteiger partial charge is 0.462 e. The molecule has 6 fully saturated rings. The van der Waals surface area contributed by atoms with Crippen LogP contribution in [0.1, 0.15) is 113 Å². The zero-order valence-corrected chi connectivity index (χ0v) is 37.0. The summed E-state index contributed by atoms with van der Waals surface area (Å²) in [5.74, 6) is -1.62. The fraction of sp³-hybridized carbons (Fsp3) is 0.909. The van der Waals surface area contributed by atoms with Crippen LogP contribution in [0.5, 0.6) is 0 Å². The van der Waals surface area contributed by atoms with Gasteiger partial charge in [0.1, 0.15) is 41.2 Å². The van der Waals surface area contributed by atoms with E-state index in [4.69, 9.17) is 47.4 Å². The number of ether oxygens (including phenoxy) is 10. The topological polar surface area (TPSA) is 207 Å². The summed E-state index contributed by atoms with van der Waals surface area (Å²) in [6.45, 7) is 11.9. The summed E-state index contributed by atoms with van der Waals surface area (Å²) >= 11 is 0. The van der Waals surface area contributed by atoms with Crippen molar-refractivity contribution in [2.24, 2.45) is 16.7 Å². The van der Waals surface area contributed by atoms with Crippen LogP contribution in [0.25, 0.3) is 0 Å². The molecule has 3 heterocycles. The number of esters is 1. The maximum atomic E-state index is 13.0. The molecule has 0 radical (unpaired) electrons. The Hall–Kier alpha value is -1.64. The lowest BCUT2D eigenvalue weighted by atomic mass is 9.42. The maximum Gasteiger partial charge on any atom is 0.302 e. The van der Waals surface area contributed by atoms with Gasteiger partial charge in [-0.15, -0.1) is 0 Å². The minimum absolute atomic E-state index is 0.0109. The van der Waals surface area contributed by atoms with Crippen LogP contribution in [0.4, 0.5) is 0 Å². The van der Waals surface area contributed by atoms with E-state index in [-0.39, 0.29) is 44.0 Å². The fourth-order valence-electron chi connectivity index (χ4n) is 12.6. The number of aliphatic hydroxyl groups excluding tert-OH is 1. The first-order chi connectivity index (χ1) is 28.2. The minimum Gasteiger partial charge on any atom is -0.462 e. The van der Waals surface area contributed by atoms with E-state index < -0.39 is 113 Å². The van der Waals surface area contributed by atoms with E-state index in [1.54, 1.807) is 35.2 Å². The zero-order valence-electron chi connectivity index (χ0n) is 37.0. The summed E-state index contributed by atoms with van der Waals surface area (Å²) in [7, 11) is 4.84. The molecule has 0 bridgehead atoms. The number of rotatable bonds is 11. The van der Waals surface area contributed by atoms with E-state index in [0.29, 0.717) is 38.5 Å². The number of aliphatic hydroxyl groups is 4. The standard InChI is InChI=1S/C44H70O16/c1-22-37(47)29(51-8)18-35(54-22)59-39-24(3)56-36(20-31(39)53-10)60-38-23(2)55-34(19-30(38)52-9)58-28-12-13-40(6)27(17-28)11-14-43(49)32(40)21-33(57-26(5)46)41(7)42(48,25(4)45)15-16-44(41,43)50/h11,22-24,28-39,47-50H,12-21H2,1-10H3/t22-,23-,24-,28+,29-,30+,31+,32-,33-,34+,35+,36+,37-,38-,39-,40+,41-,42-,43+,44-/m1/s1. The summed E-state index contributed by atoms with van der Waals surface area (Å²) in [6.07, 6.45) is -1.80. The van der Waals surface area contributed by atoms with Gasteiger partial charge in [0.15, 0.2) is 24.7 Å².